The Bertz CT molecular complexity index is 306. The lowest BCUT2D eigenvalue weighted by Crippen LogP contribution is -2.69. The summed E-state index contributed by atoms with van der Waals surface area (Å²) >= 11 is 0. The molecule has 2 fully saturated rings. The van der Waals surface area contributed by atoms with E-state index in [1.807, 2.05) is 18.7 Å². The van der Waals surface area contributed by atoms with Crippen molar-refractivity contribution in [1.82, 2.24) is 10.2 Å². The number of nitrogens with one attached hydrogen (secondary N) is 1. The van der Waals surface area contributed by atoms with E-state index < -0.39 is 5.54 Å². The monoisotopic (exact) mass is 224 g/mol. The fourth-order valence-electron chi connectivity index (χ4n) is 3.14. The molecular formula is C12H20N2O2. The van der Waals surface area contributed by atoms with Gasteiger partial charge < -0.3 is 10.2 Å². The Hall–Kier alpha value is -1.06. The Kier molecular flexibility index (Phi) is 2.91. The van der Waals surface area contributed by atoms with Gasteiger partial charge in [0.15, 0.2) is 0 Å². The lowest BCUT2D eigenvalue weighted by molar-refractivity contribution is -0.159. The van der Waals surface area contributed by atoms with E-state index in [1.165, 1.54) is 6.42 Å². The van der Waals surface area contributed by atoms with Crippen LogP contribution in [0.2, 0.25) is 0 Å². The molecular weight excluding hydrogens is 204 g/mol. The number of nitrogens with zero attached hydrogens (tertiary/aromatic N) is 1. The summed E-state index contributed by atoms with van der Waals surface area (Å²) in [6.45, 7) is 4.15. The van der Waals surface area contributed by atoms with E-state index in [4.69, 9.17) is 0 Å². The first-order chi connectivity index (χ1) is 7.58. The highest BCUT2D eigenvalue weighted by molar-refractivity contribution is 5.98. The molecule has 4 nitrogen and oxygen atoms in total. The van der Waals surface area contributed by atoms with E-state index >= 15 is 0 Å². The van der Waals surface area contributed by atoms with Crippen LogP contribution < -0.4 is 5.32 Å². The largest absolute Gasteiger partial charge is 0.345 e. The third-order valence-corrected chi connectivity index (χ3v) is 3.75. The Balaban J connectivity index is 2.34. The SMILES string of the molecule is CC(C)N1C(=O)CNC(=O)C12CCCCC2. The summed E-state index contributed by atoms with van der Waals surface area (Å²) < 4.78 is 0. The third-order valence-electron chi connectivity index (χ3n) is 3.75. The van der Waals surface area contributed by atoms with Crippen molar-refractivity contribution < 1.29 is 9.59 Å². The van der Waals surface area contributed by atoms with E-state index in [2.05, 4.69) is 5.32 Å². The molecule has 1 N–H and O–H groups in total. The zero-order valence-electron chi connectivity index (χ0n) is 10.1. The van der Waals surface area contributed by atoms with Gasteiger partial charge in [-0.25, -0.2) is 0 Å². The maximum Gasteiger partial charge on any atom is 0.246 e. The molecule has 2 rings (SSSR count). The summed E-state index contributed by atoms with van der Waals surface area (Å²) in [7, 11) is 0. The molecule has 1 saturated heterocycles. The van der Waals surface area contributed by atoms with Gasteiger partial charge in [-0.05, 0) is 26.7 Å². The molecule has 1 heterocycles. The molecule has 1 aliphatic carbocycles. The molecule has 0 radical (unpaired) electrons. The topological polar surface area (TPSA) is 49.4 Å². The Morgan fingerprint density at radius 2 is 1.81 bits per heavy atom. The van der Waals surface area contributed by atoms with Gasteiger partial charge in [-0.3, -0.25) is 9.59 Å². The zero-order valence-corrected chi connectivity index (χ0v) is 10.1. The second kappa shape index (κ2) is 4.07. The first-order valence-electron chi connectivity index (χ1n) is 6.18. The van der Waals surface area contributed by atoms with Crippen LogP contribution in [0, 0.1) is 0 Å². The number of amides is 2. The Morgan fingerprint density at radius 3 is 2.38 bits per heavy atom. The number of piperazine rings is 1. The minimum Gasteiger partial charge on any atom is -0.345 e. The van der Waals surface area contributed by atoms with Crippen LogP contribution in [0.5, 0.6) is 0 Å². The third kappa shape index (κ3) is 1.60. The summed E-state index contributed by atoms with van der Waals surface area (Å²) in [6, 6.07) is 0.108. The molecule has 0 unspecified atom stereocenters. The quantitative estimate of drug-likeness (QED) is 0.724. The minimum atomic E-state index is -0.540. The molecule has 0 aromatic carbocycles. The van der Waals surface area contributed by atoms with E-state index in [1.54, 1.807) is 0 Å². The summed E-state index contributed by atoms with van der Waals surface area (Å²) in [4.78, 5) is 25.9. The molecule has 2 aliphatic rings. The summed E-state index contributed by atoms with van der Waals surface area (Å²) in [5.41, 5.74) is -0.540. The molecule has 4 heteroatoms. The first kappa shape index (κ1) is 11.4. The van der Waals surface area contributed by atoms with Gasteiger partial charge >= 0.3 is 0 Å². The van der Waals surface area contributed by atoms with Crippen molar-refractivity contribution in [3.05, 3.63) is 0 Å². The summed E-state index contributed by atoms with van der Waals surface area (Å²) in [6.07, 6.45) is 4.91. The first-order valence-corrected chi connectivity index (χ1v) is 6.18. The maximum atomic E-state index is 12.1. The molecule has 1 saturated carbocycles. The van der Waals surface area contributed by atoms with Gasteiger partial charge in [-0.1, -0.05) is 19.3 Å². The zero-order chi connectivity index (χ0) is 11.8. The van der Waals surface area contributed by atoms with Crippen LogP contribution in [0.1, 0.15) is 46.0 Å². The van der Waals surface area contributed by atoms with Crippen LogP contribution in [0.3, 0.4) is 0 Å². The number of carbonyl (C=O) groups excluding carboxylic acids is 2. The molecule has 16 heavy (non-hydrogen) atoms. The van der Waals surface area contributed by atoms with Crippen LogP contribution >= 0.6 is 0 Å². The maximum absolute atomic E-state index is 12.1. The van der Waals surface area contributed by atoms with Crippen molar-refractivity contribution in [2.75, 3.05) is 6.54 Å². The number of hydrogen-bond acceptors (Lipinski definition) is 2. The van der Waals surface area contributed by atoms with Crippen molar-refractivity contribution in [2.24, 2.45) is 0 Å². The number of hydrogen-bond donors (Lipinski definition) is 1. The van der Waals surface area contributed by atoms with E-state index in [-0.39, 0.29) is 24.4 Å². The second-order valence-corrected chi connectivity index (χ2v) is 5.13. The normalized spacial score (nSPS) is 25.1. The number of rotatable bonds is 1. The van der Waals surface area contributed by atoms with Gasteiger partial charge in [-0.15, -0.1) is 0 Å². The van der Waals surface area contributed by atoms with E-state index in [0.29, 0.717) is 0 Å². The summed E-state index contributed by atoms with van der Waals surface area (Å²) in [5.74, 6) is 0.122. The predicted molar refractivity (Wildman–Crippen MR) is 60.8 cm³/mol. The molecule has 90 valence electrons. The van der Waals surface area contributed by atoms with Crippen LogP contribution in [0.25, 0.3) is 0 Å². The average Bonchev–Trinajstić information content (AvgIpc) is 2.25. The number of carbonyl (C=O) groups is 2. The second-order valence-electron chi connectivity index (χ2n) is 5.13. The fourth-order valence-corrected chi connectivity index (χ4v) is 3.14. The van der Waals surface area contributed by atoms with Crippen molar-refractivity contribution in [3.8, 4) is 0 Å². The van der Waals surface area contributed by atoms with Gasteiger partial charge in [0.2, 0.25) is 11.8 Å². The van der Waals surface area contributed by atoms with Crippen molar-refractivity contribution >= 4 is 11.8 Å². The highest BCUT2D eigenvalue weighted by Crippen LogP contribution is 2.36. The van der Waals surface area contributed by atoms with E-state index in [0.717, 1.165) is 25.7 Å². The van der Waals surface area contributed by atoms with E-state index in [9.17, 15) is 9.59 Å². The Morgan fingerprint density at radius 1 is 1.19 bits per heavy atom. The summed E-state index contributed by atoms with van der Waals surface area (Å²) in [5, 5.41) is 2.75. The Labute approximate surface area is 96.4 Å². The molecule has 0 bridgehead atoms. The molecule has 0 aromatic heterocycles. The molecule has 0 aromatic rings. The van der Waals surface area contributed by atoms with Gasteiger partial charge in [0.05, 0.1) is 6.54 Å². The smallest absolute Gasteiger partial charge is 0.246 e. The van der Waals surface area contributed by atoms with Gasteiger partial charge in [0.25, 0.3) is 0 Å². The lowest BCUT2D eigenvalue weighted by Gasteiger charge is -2.49. The fraction of sp³-hybridized carbons (Fsp3) is 0.833. The molecule has 0 atom stereocenters. The highest BCUT2D eigenvalue weighted by atomic mass is 16.2. The average molecular weight is 224 g/mol. The van der Waals surface area contributed by atoms with Gasteiger partial charge in [0, 0.05) is 6.04 Å². The molecule has 1 aliphatic heterocycles. The molecule has 2 amide bonds. The van der Waals surface area contributed by atoms with Crippen LogP contribution in [-0.2, 0) is 9.59 Å². The standard InChI is InChI=1S/C12H20N2O2/c1-9(2)14-10(15)8-13-11(16)12(14)6-4-3-5-7-12/h9H,3-8H2,1-2H3,(H,13,16). The van der Waals surface area contributed by atoms with Crippen molar-refractivity contribution in [1.29, 1.82) is 0 Å². The lowest BCUT2D eigenvalue weighted by atomic mass is 9.77. The predicted octanol–water partition coefficient (Wildman–Crippen LogP) is 1.06. The molecule has 1 spiro atoms. The van der Waals surface area contributed by atoms with Crippen molar-refractivity contribution in [2.45, 2.75) is 57.5 Å². The van der Waals surface area contributed by atoms with Crippen LogP contribution in [-0.4, -0.2) is 34.8 Å². The van der Waals surface area contributed by atoms with Crippen molar-refractivity contribution in [3.63, 3.8) is 0 Å². The highest BCUT2D eigenvalue weighted by Gasteiger charge is 2.50. The van der Waals surface area contributed by atoms with Gasteiger partial charge in [0.1, 0.15) is 5.54 Å². The van der Waals surface area contributed by atoms with Gasteiger partial charge in [-0.2, -0.15) is 0 Å². The van der Waals surface area contributed by atoms with Crippen LogP contribution in [0.15, 0.2) is 0 Å². The minimum absolute atomic E-state index is 0.0560. The van der Waals surface area contributed by atoms with Crippen LogP contribution in [0.4, 0.5) is 0 Å².